The van der Waals surface area contributed by atoms with E-state index in [0.29, 0.717) is 12.1 Å². The molecule has 4 heteroatoms. The van der Waals surface area contributed by atoms with Crippen LogP contribution in [0.25, 0.3) is 11.3 Å². The summed E-state index contributed by atoms with van der Waals surface area (Å²) in [5.74, 6) is 1.03. The maximum Gasteiger partial charge on any atom is 0.258 e. The molecule has 0 atom stereocenters. The monoisotopic (exact) mass is 393 g/mol. The van der Waals surface area contributed by atoms with E-state index in [1.807, 2.05) is 59.5 Å². The second-order valence-electron chi connectivity index (χ2n) is 7.62. The summed E-state index contributed by atoms with van der Waals surface area (Å²) in [6.45, 7) is 3.43. The van der Waals surface area contributed by atoms with Gasteiger partial charge in [-0.2, -0.15) is 0 Å². The van der Waals surface area contributed by atoms with Gasteiger partial charge < -0.3 is 9.47 Å². The SMILES string of the molecule is Cc1nc2c(n1Cc1ccccc1)-c1ccccc1N(C(=O)c1ccccc1)CC2. The van der Waals surface area contributed by atoms with Gasteiger partial charge in [0.2, 0.25) is 0 Å². The Hall–Kier alpha value is -3.66. The molecule has 1 aliphatic rings. The highest BCUT2D eigenvalue weighted by Gasteiger charge is 2.28. The van der Waals surface area contributed by atoms with Crippen LogP contribution in [0.15, 0.2) is 84.9 Å². The van der Waals surface area contributed by atoms with Crippen LogP contribution in [-0.2, 0) is 13.0 Å². The molecule has 2 heterocycles. The van der Waals surface area contributed by atoms with Crippen molar-refractivity contribution in [3.8, 4) is 11.3 Å². The van der Waals surface area contributed by atoms with Crippen molar-refractivity contribution in [2.24, 2.45) is 0 Å². The van der Waals surface area contributed by atoms with E-state index in [1.54, 1.807) is 0 Å². The fraction of sp³-hybridized carbons (Fsp3) is 0.154. The van der Waals surface area contributed by atoms with E-state index in [1.165, 1.54) is 5.56 Å². The Bertz CT molecular complexity index is 1200. The largest absolute Gasteiger partial charge is 0.323 e. The third-order valence-corrected chi connectivity index (χ3v) is 5.70. The van der Waals surface area contributed by atoms with Crippen LogP contribution in [0, 0.1) is 6.92 Å². The molecule has 1 aliphatic heterocycles. The van der Waals surface area contributed by atoms with Gasteiger partial charge in [-0.15, -0.1) is 0 Å². The summed E-state index contributed by atoms with van der Waals surface area (Å²) in [7, 11) is 0. The van der Waals surface area contributed by atoms with E-state index in [4.69, 9.17) is 4.98 Å². The van der Waals surface area contributed by atoms with Crippen LogP contribution in [0.5, 0.6) is 0 Å². The Balaban J connectivity index is 1.62. The average Bonchev–Trinajstić information content (AvgIpc) is 3.00. The lowest BCUT2D eigenvalue weighted by molar-refractivity contribution is 0.0987. The molecule has 0 radical (unpaired) electrons. The Morgan fingerprint density at radius 1 is 0.900 bits per heavy atom. The molecule has 0 spiro atoms. The van der Waals surface area contributed by atoms with Gasteiger partial charge in [0.05, 0.1) is 17.1 Å². The van der Waals surface area contributed by atoms with E-state index in [9.17, 15) is 4.79 Å². The first-order valence-electron chi connectivity index (χ1n) is 10.3. The standard InChI is InChI=1S/C26H23N3O/c1-19-27-23-16-17-28(26(30)21-12-6-3-7-13-21)24-15-9-8-14-22(24)25(23)29(19)18-20-10-4-2-5-11-20/h2-15H,16-18H2,1H3. The number of carbonyl (C=O) groups excluding carboxylic acids is 1. The number of aryl methyl sites for hydroxylation is 1. The van der Waals surface area contributed by atoms with Crippen LogP contribution in [-0.4, -0.2) is 22.0 Å². The molecule has 148 valence electrons. The van der Waals surface area contributed by atoms with Gasteiger partial charge in [-0.1, -0.05) is 66.7 Å². The van der Waals surface area contributed by atoms with Gasteiger partial charge >= 0.3 is 0 Å². The molecule has 1 aromatic heterocycles. The first-order valence-corrected chi connectivity index (χ1v) is 10.3. The number of hydrogen-bond acceptors (Lipinski definition) is 2. The first kappa shape index (κ1) is 18.4. The molecule has 0 aliphatic carbocycles. The van der Waals surface area contributed by atoms with Gasteiger partial charge in [0.1, 0.15) is 5.82 Å². The third-order valence-electron chi connectivity index (χ3n) is 5.70. The zero-order valence-electron chi connectivity index (χ0n) is 17.0. The minimum atomic E-state index is 0.0273. The number of aromatic nitrogens is 2. The molecule has 4 aromatic rings. The fourth-order valence-electron chi connectivity index (χ4n) is 4.26. The zero-order chi connectivity index (χ0) is 20.5. The smallest absolute Gasteiger partial charge is 0.258 e. The Morgan fingerprint density at radius 3 is 2.33 bits per heavy atom. The molecule has 0 saturated carbocycles. The molecular weight excluding hydrogens is 370 g/mol. The Morgan fingerprint density at radius 2 is 1.57 bits per heavy atom. The maximum atomic E-state index is 13.3. The lowest BCUT2D eigenvalue weighted by atomic mass is 10.1. The molecular formula is C26H23N3O. The topological polar surface area (TPSA) is 38.1 Å². The summed E-state index contributed by atoms with van der Waals surface area (Å²) >= 11 is 0. The van der Waals surface area contributed by atoms with Crippen molar-refractivity contribution in [3.63, 3.8) is 0 Å². The molecule has 1 amide bonds. The number of hydrogen-bond donors (Lipinski definition) is 0. The number of amides is 1. The van der Waals surface area contributed by atoms with Crippen molar-refractivity contribution in [3.05, 3.63) is 108 Å². The number of fused-ring (bicyclic) bond motifs is 3. The Kier molecular flexibility index (Phi) is 4.68. The van der Waals surface area contributed by atoms with Gasteiger partial charge in [-0.25, -0.2) is 4.98 Å². The first-order chi connectivity index (χ1) is 14.7. The Labute approximate surface area is 176 Å². The molecule has 0 N–H and O–H groups in total. The highest BCUT2D eigenvalue weighted by molar-refractivity contribution is 6.08. The summed E-state index contributed by atoms with van der Waals surface area (Å²) in [4.78, 5) is 20.1. The normalized spacial score (nSPS) is 12.8. The summed E-state index contributed by atoms with van der Waals surface area (Å²) in [5, 5.41) is 0. The van der Waals surface area contributed by atoms with Crippen LogP contribution < -0.4 is 4.90 Å². The van der Waals surface area contributed by atoms with Crippen LogP contribution in [0.2, 0.25) is 0 Å². The fourth-order valence-corrected chi connectivity index (χ4v) is 4.26. The molecule has 0 fully saturated rings. The third kappa shape index (κ3) is 3.20. The van der Waals surface area contributed by atoms with Gasteiger partial charge in [-0.05, 0) is 30.7 Å². The highest BCUT2D eigenvalue weighted by atomic mass is 16.2. The van der Waals surface area contributed by atoms with Gasteiger partial charge in [0.15, 0.2) is 0 Å². The molecule has 4 nitrogen and oxygen atoms in total. The molecule has 0 unspecified atom stereocenters. The van der Waals surface area contributed by atoms with Crippen molar-refractivity contribution >= 4 is 11.6 Å². The minimum Gasteiger partial charge on any atom is -0.323 e. The molecule has 30 heavy (non-hydrogen) atoms. The summed E-state index contributed by atoms with van der Waals surface area (Å²) in [5.41, 5.74) is 6.12. The van der Waals surface area contributed by atoms with Crippen molar-refractivity contribution in [1.82, 2.24) is 9.55 Å². The number of nitrogens with zero attached hydrogens (tertiary/aromatic N) is 3. The lowest BCUT2D eigenvalue weighted by Crippen LogP contribution is -2.32. The van der Waals surface area contributed by atoms with Crippen molar-refractivity contribution < 1.29 is 4.79 Å². The van der Waals surface area contributed by atoms with Crippen LogP contribution >= 0.6 is 0 Å². The number of carbonyl (C=O) groups is 1. The van der Waals surface area contributed by atoms with Gasteiger partial charge in [0.25, 0.3) is 5.91 Å². The van der Waals surface area contributed by atoms with Gasteiger partial charge in [-0.3, -0.25) is 4.79 Å². The quantitative estimate of drug-likeness (QED) is 0.485. The zero-order valence-corrected chi connectivity index (χ0v) is 17.0. The average molecular weight is 393 g/mol. The number of benzene rings is 3. The van der Waals surface area contributed by atoms with Gasteiger partial charge in [0, 0.05) is 30.6 Å². The predicted molar refractivity (Wildman–Crippen MR) is 120 cm³/mol. The number of anilines is 1. The molecule has 0 saturated heterocycles. The van der Waals surface area contributed by atoms with Crippen molar-refractivity contribution in [2.45, 2.75) is 19.9 Å². The van der Waals surface area contributed by atoms with E-state index < -0.39 is 0 Å². The van der Waals surface area contributed by atoms with Crippen LogP contribution in [0.3, 0.4) is 0 Å². The van der Waals surface area contributed by atoms with Crippen LogP contribution in [0.1, 0.15) is 27.4 Å². The lowest BCUT2D eigenvalue weighted by Gasteiger charge is -2.23. The summed E-state index contributed by atoms with van der Waals surface area (Å²) in [6, 6.07) is 28.1. The van der Waals surface area contributed by atoms with Crippen molar-refractivity contribution in [2.75, 3.05) is 11.4 Å². The number of imidazole rings is 1. The van der Waals surface area contributed by atoms with E-state index in [-0.39, 0.29) is 5.91 Å². The van der Waals surface area contributed by atoms with Crippen LogP contribution in [0.4, 0.5) is 5.69 Å². The minimum absolute atomic E-state index is 0.0273. The van der Waals surface area contributed by atoms with E-state index >= 15 is 0 Å². The number of para-hydroxylation sites is 1. The van der Waals surface area contributed by atoms with E-state index in [2.05, 4.69) is 41.8 Å². The number of rotatable bonds is 3. The molecule has 5 rings (SSSR count). The second kappa shape index (κ2) is 7.64. The molecule has 3 aromatic carbocycles. The summed E-state index contributed by atoms with van der Waals surface area (Å²) < 4.78 is 2.28. The maximum absolute atomic E-state index is 13.3. The molecule has 0 bridgehead atoms. The van der Waals surface area contributed by atoms with E-state index in [0.717, 1.165) is 41.4 Å². The second-order valence-corrected chi connectivity index (χ2v) is 7.62. The summed E-state index contributed by atoms with van der Waals surface area (Å²) in [6.07, 6.45) is 0.727. The highest BCUT2D eigenvalue weighted by Crippen LogP contribution is 2.37. The predicted octanol–water partition coefficient (Wildman–Crippen LogP) is 5.11. The van der Waals surface area contributed by atoms with Crippen molar-refractivity contribution in [1.29, 1.82) is 0 Å².